The first-order chi connectivity index (χ1) is 11.6. The van der Waals surface area contributed by atoms with Gasteiger partial charge in [0, 0.05) is 15.7 Å². The normalized spacial score (nSPS) is 10.2. The number of rotatable bonds is 4. The zero-order valence-electron chi connectivity index (χ0n) is 12.6. The summed E-state index contributed by atoms with van der Waals surface area (Å²) >= 11 is 4.73. The standard InChI is InChI=1S/C16H13BrN4O2S/c1-23-13-7-5-12(6-8-13)18-15(22)19-16-21-20-14(24-16)10-3-2-4-11(17)9-10/h2-9H,1H3,(H2,18,19,21,22). The van der Waals surface area contributed by atoms with Crippen molar-refractivity contribution in [2.75, 3.05) is 17.7 Å². The van der Waals surface area contributed by atoms with E-state index in [9.17, 15) is 4.79 Å². The van der Waals surface area contributed by atoms with Crippen molar-refractivity contribution >= 4 is 44.1 Å². The number of anilines is 2. The Balaban J connectivity index is 1.64. The molecule has 0 radical (unpaired) electrons. The third-order valence-corrected chi connectivity index (χ3v) is 4.45. The zero-order chi connectivity index (χ0) is 16.9. The molecular weight excluding hydrogens is 392 g/mol. The second-order valence-corrected chi connectivity index (χ2v) is 6.62. The summed E-state index contributed by atoms with van der Waals surface area (Å²) in [6.45, 7) is 0. The van der Waals surface area contributed by atoms with Crippen LogP contribution in [-0.2, 0) is 0 Å². The molecular formula is C16H13BrN4O2S. The van der Waals surface area contributed by atoms with Crippen molar-refractivity contribution in [1.82, 2.24) is 10.2 Å². The van der Waals surface area contributed by atoms with Crippen LogP contribution in [0.1, 0.15) is 0 Å². The Labute approximate surface area is 151 Å². The molecule has 0 aliphatic rings. The van der Waals surface area contributed by atoms with Crippen LogP contribution in [0, 0.1) is 0 Å². The largest absolute Gasteiger partial charge is 0.497 e. The lowest BCUT2D eigenvalue weighted by atomic mass is 10.2. The molecule has 2 amide bonds. The van der Waals surface area contributed by atoms with Crippen molar-refractivity contribution in [2.24, 2.45) is 0 Å². The number of hydrogen-bond acceptors (Lipinski definition) is 5. The second-order valence-electron chi connectivity index (χ2n) is 4.73. The molecule has 0 fully saturated rings. The third kappa shape index (κ3) is 4.09. The molecule has 0 aliphatic carbocycles. The number of methoxy groups -OCH3 is 1. The quantitative estimate of drug-likeness (QED) is 0.664. The minimum atomic E-state index is -0.378. The van der Waals surface area contributed by atoms with E-state index in [0.29, 0.717) is 10.8 Å². The lowest BCUT2D eigenvalue weighted by Gasteiger charge is -2.05. The molecule has 0 spiro atoms. The van der Waals surface area contributed by atoms with Crippen molar-refractivity contribution < 1.29 is 9.53 Å². The Kier molecular flexibility index (Phi) is 5.07. The van der Waals surface area contributed by atoms with E-state index in [-0.39, 0.29) is 6.03 Å². The van der Waals surface area contributed by atoms with E-state index >= 15 is 0 Å². The lowest BCUT2D eigenvalue weighted by molar-refractivity contribution is 0.262. The molecule has 0 unspecified atom stereocenters. The average Bonchev–Trinajstić information content (AvgIpc) is 3.04. The van der Waals surface area contributed by atoms with Gasteiger partial charge < -0.3 is 10.1 Å². The van der Waals surface area contributed by atoms with Gasteiger partial charge in [0.15, 0.2) is 0 Å². The Morgan fingerprint density at radius 1 is 1.12 bits per heavy atom. The fraction of sp³-hybridized carbons (Fsp3) is 0.0625. The van der Waals surface area contributed by atoms with Gasteiger partial charge in [0.2, 0.25) is 5.13 Å². The molecule has 0 saturated carbocycles. The van der Waals surface area contributed by atoms with Crippen LogP contribution in [-0.4, -0.2) is 23.3 Å². The Morgan fingerprint density at radius 3 is 2.62 bits per heavy atom. The maximum atomic E-state index is 12.0. The molecule has 24 heavy (non-hydrogen) atoms. The van der Waals surface area contributed by atoms with Crippen LogP contribution in [0.2, 0.25) is 0 Å². The molecule has 0 atom stereocenters. The number of urea groups is 1. The molecule has 3 aromatic rings. The molecule has 0 bridgehead atoms. The van der Waals surface area contributed by atoms with Crippen molar-refractivity contribution in [3.8, 4) is 16.3 Å². The van der Waals surface area contributed by atoms with Gasteiger partial charge in [-0.05, 0) is 36.4 Å². The molecule has 2 aromatic carbocycles. The van der Waals surface area contributed by atoms with Gasteiger partial charge in [0.1, 0.15) is 10.8 Å². The number of ether oxygens (including phenoxy) is 1. The first-order valence-corrected chi connectivity index (χ1v) is 8.56. The van der Waals surface area contributed by atoms with Crippen LogP contribution < -0.4 is 15.4 Å². The summed E-state index contributed by atoms with van der Waals surface area (Å²) in [5, 5.41) is 14.7. The zero-order valence-corrected chi connectivity index (χ0v) is 15.0. The summed E-state index contributed by atoms with van der Waals surface area (Å²) < 4.78 is 6.03. The molecule has 6 nitrogen and oxygen atoms in total. The minimum Gasteiger partial charge on any atom is -0.497 e. The van der Waals surface area contributed by atoms with E-state index in [1.807, 2.05) is 24.3 Å². The molecule has 0 aliphatic heterocycles. The Hall–Kier alpha value is -2.45. The van der Waals surface area contributed by atoms with Gasteiger partial charge in [0.05, 0.1) is 7.11 Å². The number of benzene rings is 2. The number of carbonyl (C=O) groups excluding carboxylic acids is 1. The van der Waals surface area contributed by atoms with Crippen molar-refractivity contribution in [2.45, 2.75) is 0 Å². The van der Waals surface area contributed by atoms with Gasteiger partial charge >= 0.3 is 6.03 Å². The van der Waals surface area contributed by atoms with E-state index in [1.54, 1.807) is 31.4 Å². The second kappa shape index (κ2) is 7.41. The van der Waals surface area contributed by atoms with Gasteiger partial charge in [-0.25, -0.2) is 4.79 Å². The minimum absolute atomic E-state index is 0.378. The SMILES string of the molecule is COc1ccc(NC(=O)Nc2nnc(-c3cccc(Br)c3)s2)cc1. The van der Waals surface area contributed by atoms with Gasteiger partial charge in [-0.15, -0.1) is 10.2 Å². The summed E-state index contributed by atoms with van der Waals surface area (Å²) in [4.78, 5) is 12.0. The summed E-state index contributed by atoms with van der Waals surface area (Å²) in [7, 11) is 1.59. The molecule has 3 rings (SSSR count). The predicted octanol–water partition coefficient (Wildman–Crippen LogP) is 4.62. The molecule has 8 heteroatoms. The van der Waals surface area contributed by atoms with Crippen molar-refractivity contribution in [1.29, 1.82) is 0 Å². The maximum absolute atomic E-state index is 12.0. The van der Waals surface area contributed by atoms with Gasteiger partial charge in [0.25, 0.3) is 0 Å². The summed E-state index contributed by atoms with van der Waals surface area (Å²) in [5.74, 6) is 0.726. The Morgan fingerprint density at radius 2 is 1.92 bits per heavy atom. The number of aromatic nitrogens is 2. The molecule has 1 heterocycles. The van der Waals surface area contributed by atoms with Gasteiger partial charge in [-0.1, -0.05) is 39.4 Å². The van der Waals surface area contributed by atoms with Gasteiger partial charge in [-0.3, -0.25) is 5.32 Å². The van der Waals surface area contributed by atoms with Crippen LogP contribution >= 0.6 is 27.3 Å². The number of amides is 2. The fourth-order valence-electron chi connectivity index (χ4n) is 1.95. The fourth-order valence-corrected chi connectivity index (χ4v) is 3.08. The number of nitrogens with zero attached hydrogens (tertiary/aromatic N) is 2. The summed E-state index contributed by atoms with van der Waals surface area (Å²) in [6, 6.07) is 14.4. The summed E-state index contributed by atoms with van der Waals surface area (Å²) in [6.07, 6.45) is 0. The summed E-state index contributed by atoms with van der Waals surface area (Å²) in [5.41, 5.74) is 1.59. The number of nitrogens with one attached hydrogen (secondary N) is 2. The molecule has 0 saturated heterocycles. The van der Waals surface area contributed by atoms with Crippen molar-refractivity contribution in [3.63, 3.8) is 0 Å². The van der Waals surface area contributed by atoms with Crippen LogP contribution in [0.15, 0.2) is 53.0 Å². The molecule has 2 N–H and O–H groups in total. The first-order valence-electron chi connectivity index (χ1n) is 6.95. The maximum Gasteiger partial charge on any atom is 0.325 e. The highest BCUT2D eigenvalue weighted by atomic mass is 79.9. The number of carbonyl (C=O) groups is 1. The highest BCUT2D eigenvalue weighted by molar-refractivity contribution is 9.10. The van der Waals surface area contributed by atoms with Gasteiger partial charge in [-0.2, -0.15) is 0 Å². The van der Waals surface area contributed by atoms with E-state index in [1.165, 1.54) is 11.3 Å². The average molecular weight is 405 g/mol. The number of halogens is 1. The number of hydrogen-bond donors (Lipinski definition) is 2. The Bertz CT molecular complexity index is 851. The smallest absolute Gasteiger partial charge is 0.325 e. The van der Waals surface area contributed by atoms with Crippen LogP contribution in [0.4, 0.5) is 15.6 Å². The van der Waals surface area contributed by atoms with E-state index < -0.39 is 0 Å². The van der Waals surface area contributed by atoms with Crippen LogP contribution in [0.3, 0.4) is 0 Å². The molecule has 122 valence electrons. The van der Waals surface area contributed by atoms with E-state index in [0.717, 1.165) is 20.8 Å². The van der Waals surface area contributed by atoms with Crippen LogP contribution in [0.25, 0.3) is 10.6 Å². The predicted molar refractivity (Wildman–Crippen MR) is 98.7 cm³/mol. The lowest BCUT2D eigenvalue weighted by Crippen LogP contribution is -2.19. The molecule has 1 aromatic heterocycles. The van der Waals surface area contributed by atoms with E-state index in [4.69, 9.17) is 4.74 Å². The first kappa shape index (κ1) is 16.4. The topological polar surface area (TPSA) is 76.1 Å². The van der Waals surface area contributed by atoms with Crippen molar-refractivity contribution in [3.05, 3.63) is 53.0 Å². The highest BCUT2D eigenvalue weighted by Crippen LogP contribution is 2.28. The van der Waals surface area contributed by atoms with E-state index in [2.05, 4.69) is 36.8 Å². The monoisotopic (exact) mass is 404 g/mol. The third-order valence-electron chi connectivity index (χ3n) is 3.06. The van der Waals surface area contributed by atoms with Crippen LogP contribution in [0.5, 0.6) is 5.75 Å². The highest BCUT2D eigenvalue weighted by Gasteiger charge is 2.10.